The zero-order chi connectivity index (χ0) is 12.7. The maximum atomic E-state index is 13.3. The molecule has 0 unspecified atom stereocenters. The molecule has 2 aliphatic carbocycles. The molecule has 2 fully saturated rings. The number of benzene rings is 1. The van der Waals surface area contributed by atoms with Crippen molar-refractivity contribution in [2.45, 2.75) is 37.8 Å². The van der Waals surface area contributed by atoms with Crippen LogP contribution in [-0.2, 0) is 0 Å². The molecule has 3 nitrogen and oxygen atoms in total. The van der Waals surface area contributed by atoms with Crippen molar-refractivity contribution in [1.29, 1.82) is 0 Å². The molecule has 0 bridgehead atoms. The molecule has 1 aromatic rings. The summed E-state index contributed by atoms with van der Waals surface area (Å²) in [4.78, 5) is 14.4. The van der Waals surface area contributed by atoms with Crippen molar-refractivity contribution >= 4 is 5.91 Å². The Morgan fingerprint density at radius 3 is 2.39 bits per heavy atom. The van der Waals surface area contributed by atoms with Crippen molar-refractivity contribution < 1.29 is 13.9 Å². The van der Waals surface area contributed by atoms with Crippen LogP contribution in [0.5, 0.6) is 5.75 Å². The van der Waals surface area contributed by atoms with E-state index in [0.717, 1.165) is 25.7 Å². The molecule has 18 heavy (non-hydrogen) atoms. The number of nitrogens with zero attached hydrogens (tertiary/aromatic N) is 1. The molecule has 0 radical (unpaired) electrons. The average Bonchev–Trinajstić information content (AvgIpc) is 3.23. The number of rotatable bonds is 4. The average molecular weight is 249 g/mol. The van der Waals surface area contributed by atoms with Gasteiger partial charge in [-0.3, -0.25) is 4.79 Å². The van der Waals surface area contributed by atoms with E-state index in [0.29, 0.717) is 23.4 Å². The molecular formula is C14H16FNO2. The van der Waals surface area contributed by atoms with E-state index in [1.165, 1.54) is 25.3 Å². The molecule has 3 rings (SSSR count). The molecule has 0 aromatic heterocycles. The highest BCUT2D eigenvalue weighted by Gasteiger charge is 2.42. The first kappa shape index (κ1) is 11.5. The molecule has 2 saturated carbocycles. The van der Waals surface area contributed by atoms with Crippen LogP contribution in [0, 0.1) is 5.82 Å². The number of amides is 1. The van der Waals surface area contributed by atoms with Crippen molar-refractivity contribution in [3.8, 4) is 5.75 Å². The lowest BCUT2D eigenvalue weighted by Crippen LogP contribution is -2.35. The molecule has 96 valence electrons. The minimum atomic E-state index is -0.398. The van der Waals surface area contributed by atoms with Gasteiger partial charge in [-0.1, -0.05) is 0 Å². The van der Waals surface area contributed by atoms with Crippen molar-refractivity contribution in [3.05, 3.63) is 29.6 Å². The molecule has 0 atom stereocenters. The van der Waals surface area contributed by atoms with E-state index >= 15 is 0 Å². The van der Waals surface area contributed by atoms with E-state index < -0.39 is 5.82 Å². The Morgan fingerprint density at radius 1 is 1.28 bits per heavy atom. The summed E-state index contributed by atoms with van der Waals surface area (Å²) in [6.45, 7) is 0. The Morgan fingerprint density at radius 2 is 1.89 bits per heavy atom. The van der Waals surface area contributed by atoms with Gasteiger partial charge in [0.05, 0.1) is 12.7 Å². The van der Waals surface area contributed by atoms with E-state index in [1.807, 2.05) is 4.90 Å². The number of ether oxygens (including phenoxy) is 1. The summed E-state index contributed by atoms with van der Waals surface area (Å²) in [5, 5.41) is 0. The number of carbonyl (C=O) groups excluding carboxylic acids is 1. The fraction of sp³-hybridized carbons (Fsp3) is 0.500. The van der Waals surface area contributed by atoms with Crippen molar-refractivity contribution in [3.63, 3.8) is 0 Å². The molecule has 0 aliphatic heterocycles. The number of halogens is 1. The number of hydrogen-bond donors (Lipinski definition) is 0. The summed E-state index contributed by atoms with van der Waals surface area (Å²) in [7, 11) is 1.50. The van der Waals surface area contributed by atoms with Crippen LogP contribution in [0.25, 0.3) is 0 Å². The summed E-state index contributed by atoms with van der Waals surface area (Å²) in [5.41, 5.74) is 0.344. The highest BCUT2D eigenvalue weighted by Crippen LogP contribution is 2.39. The van der Waals surface area contributed by atoms with Crippen LogP contribution in [-0.4, -0.2) is 30.0 Å². The highest BCUT2D eigenvalue weighted by molar-refractivity contribution is 5.97. The molecule has 0 heterocycles. The lowest BCUT2D eigenvalue weighted by molar-refractivity contribution is 0.0726. The van der Waals surface area contributed by atoms with E-state index in [2.05, 4.69) is 0 Å². The van der Waals surface area contributed by atoms with E-state index in [1.54, 1.807) is 0 Å². The first-order valence-electron chi connectivity index (χ1n) is 6.37. The molecule has 2 aliphatic rings. The Labute approximate surface area is 106 Å². The molecule has 0 N–H and O–H groups in total. The third-order valence-electron chi connectivity index (χ3n) is 3.51. The summed E-state index contributed by atoms with van der Waals surface area (Å²) in [6, 6.07) is 4.82. The largest absolute Gasteiger partial charge is 0.496 e. The summed E-state index contributed by atoms with van der Waals surface area (Å²) < 4.78 is 18.5. The van der Waals surface area contributed by atoms with Crippen LogP contribution in [0.1, 0.15) is 36.0 Å². The quantitative estimate of drug-likeness (QED) is 0.821. The SMILES string of the molecule is COc1ccc(F)cc1C(=O)N(C1CC1)C1CC1. The van der Waals surface area contributed by atoms with Crippen molar-refractivity contribution in [1.82, 2.24) is 4.90 Å². The van der Waals surface area contributed by atoms with Gasteiger partial charge in [0.15, 0.2) is 0 Å². The summed E-state index contributed by atoms with van der Waals surface area (Å²) >= 11 is 0. The second-order valence-electron chi connectivity index (χ2n) is 5.02. The minimum Gasteiger partial charge on any atom is -0.496 e. The van der Waals surface area contributed by atoms with Crippen LogP contribution in [0.3, 0.4) is 0 Å². The number of carbonyl (C=O) groups is 1. The standard InChI is InChI=1S/C14H16FNO2/c1-18-13-7-2-9(15)8-12(13)14(17)16(10-3-4-10)11-5-6-11/h2,7-8,10-11H,3-6H2,1H3. The fourth-order valence-corrected chi connectivity index (χ4v) is 2.32. The second-order valence-corrected chi connectivity index (χ2v) is 5.02. The van der Waals surface area contributed by atoms with Gasteiger partial charge in [-0.15, -0.1) is 0 Å². The summed E-state index contributed by atoms with van der Waals surface area (Å²) in [5.74, 6) is -0.0326. The first-order chi connectivity index (χ1) is 8.70. The molecule has 0 saturated heterocycles. The maximum absolute atomic E-state index is 13.3. The van der Waals surface area contributed by atoms with Crippen LogP contribution in [0.2, 0.25) is 0 Å². The zero-order valence-corrected chi connectivity index (χ0v) is 10.4. The van der Waals surface area contributed by atoms with E-state index in [-0.39, 0.29) is 5.91 Å². The van der Waals surface area contributed by atoms with Gasteiger partial charge in [0.1, 0.15) is 11.6 Å². The minimum absolute atomic E-state index is 0.0867. The third kappa shape index (κ3) is 2.07. The van der Waals surface area contributed by atoms with Crippen LogP contribution < -0.4 is 4.74 Å². The predicted octanol–water partition coefficient (Wildman–Crippen LogP) is 2.60. The maximum Gasteiger partial charge on any atom is 0.258 e. The molecule has 1 amide bonds. The third-order valence-corrected chi connectivity index (χ3v) is 3.51. The number of methoxy groups -OCH3 is 1. The van der Waals surface area contributed by atoms with Gasteiger partial charge < -0.3 is 9.64 Å². The molecule has 1 aromatic carbocycles. The van der Waals surface area contributed by atoms with Crippen molar-refractivity contribution in [2.24, 2.45) is 0 Å². The Hall–Kier alpha value is -1.58. The highest BCUT2D eigenvalue weighted by atomic mass is 19.1. The smallest absolute Gasteiger partial charge is 0.258 e. The van der Waals surface area contributed by atoms with Gasteiger partial charge in [0.25, 0.3) is 5.91 Å². The Bertz CT molecular complexity index is 469. The molecule has 0 spiro atoms. The normalized spacial score (nSPS) is 18.6. The predicted molar refractivity (Wildman–Crippen MR) is 65.2 cm³/mol. The van der Waals surface area contributed by atoms with Crippen LogP contribution in [0.4, 0.5) is 4.39 Å². The van der Waals surface area contributed by atoms with Crippen molar-refractivity contribution in [2.75, 3.05) is 7.11 Å². The van der Waals surface area contributed by atoms with Gasteiger partial charge in [0.2, 0.25) is 0 Å². The lowest BCUT2D eigenvalue weighted by atomic mass is 10.1. The Kier molecular flexibility index (Phi) is 2.73. The molecular weight excluding hydrogens is 233 g/mol. The van der Waals surface area contributed by atoms with E-state index in [4.69, 9.17) is 4.74 Å². The van der Waals surface area contributed by atoms with Crippen LogP contribution in [0.15, 0.2) is 18.2 Å². The summed E-state index contributed by atoms with van der Waals surface area (Å²) in [6.07, 6.45) is 4.28. The first-order valence-corrected chi connectivity index (χ1v) is 6.37. The Balaban J connectivity index is 1.92. The van der Waals surface area contributed by atoms with E-state index in [9.17, 15) is 9.18 Å². The lowest BCUT2D eigenvalue weighted by Gasteiger charge is -2.23. The topological polar surface area (TPSA) is 29.5 Å². The van der Waals surface area contributed by atoms with Gasteiger partial charge in [-0.05, 0) is 43.9 Å². The van der Waals surface area contributed by atoms with Gasteiger partial charge in [-0.2, -0.15) is 0 Å². The van der Waals surface area contributed by atoms with Gasteiger partial charge >= 0.3 is 0 Å². The fourth-order valence-electron chi connectivity index (χ4n) is 2.32. The molecule has 4 heteroatoms. The van der Waals surface area contributed by atoms with Gasteiger partial charge in [-0.25, -0.2) is 4.39 Å². The zero-order valence-electron chi connectivity index (χ0n) is 10.4. The number of hydrogen-bond acceptors (Lipinski definition) is 2. The van der Waals surface area contributed by atoms with Crippen LogP contribution >= 0.6 is 0 Å². The van der Waals surface area contributed by atoms with Gasteiger partial charge in [0, 0.05) is 12.1 Å². The monoisotopic (exact) mass is 249 g/mol. The second kappa shape index (κ2) is 4.26.